The molecule has 0 unspecified atom stereocenters. The van der Waals surface area contributed by atoms with Crippen LogP contribution in [-0.2, 0) is 12.0 Å². The van der Waals surface area contributed by atoms with Crippen molar-refractivity contribution in [2.75, 3.05) is 6.61 Å². The quantitative estimate of drug-likeness (QED) is 0.514. The molecule has 3 atom stereocenters. The standard InChI is InChI=1S/C25H28O6/c1-13(2)17-10-15-6-7-19(27)16(11-26)22(15)25(17,29)18-8-14(3)9-20-23(18)31-21(12-30-20)24(4,5)28/h6-9,11,17,21,27-29H,1,10,12H2,2-5H3/t17-,21+,25-/m1/s1. The molecule has 2 aromatic rings. The molecular formula is C25H28O6. The van der Waals surface area contributed by atoms with Crippen LogP contribution in [0.15, 0.2) is 36.4 Å². The number of carbonyl (C=O) groups is 1. The van der Waals surface area contributed by atoms with Gasteiger partial charge in [-0.05, 0) is 63.4 Å². The molecule has 2 aliphatic rings. The first-order valence-electron chi connectivity index (χ1n) is 10.3. The van der Waals surface area contributed by atoms with Crippen molar-refractivity contribution in [2.45, 2.75) is 51.4 Å². The summed E-state index contributed by atoms with van der Waals surface area (Å²) in [4.78, 5) is 11.9. The molecule has 0 saturated carbocycles. The molecule has 1 aliphatic heterocycles. The zero-order valence-electron chi connectivity index (χ0n) is 18.2. The molecule has 0 aromatic heterocycles. The smallest absolute Gasteiger partial charge is 0.168 e. The van der Waals surface area contributed by atoms with Crippen LogP contribution in [0, 0.1) is 12.8 Å². The average Bonchev–Trinajstić information content (AvgIpc) is 3.00. The highest BCUT2D eigenvalue weighted by Crippen LogP contribution is 2.55. The number of phenols is 1. The second-order valence-electron chi connectivity index (χ2n) is 9.23. The van der Waals surface area contributed by atoms with E-state index >= 15 is 0 Å². The number of aromatic hydroxyl groups is 1. The Morgan fingerprint density at radius 1 is 1.32 bits per heavy atom. The Balaban J connectivity index is 2.02. The van der Waals surface area contributed by atoms with E-state index in [1.54, 1.807) is 26.0 Å². The molecule has 3 N–H and O–H groups in total. The lowest BCUT2D eigenvalue weighted by atomic mass is 9.75. The van der Waals surface area contributed by atoms with Crippen molar-refractivity contribution < 1.29 is 29.6 Å². The van der Waals surface area contributed by atoms with Gasteiger partial charge >= 0.3 is 0 Å². The summed E-state index contributed by atoms with van der Waals surface area (Å²) in [6.45, 7) is 11.2. The second-order valence-corrected chi connectivity index (χ2v) is 9.23. The number of fused-ring (bicyclic) bond motifs is 2. The summed E-state index contributed by atoms with van der Waals surface area (Å²) in [6.07, 6.45) is 0.379. The number of hydrogen-bond acceptors (Lipinski definition) is 6. The first-order chi connectivity index (χ1) is 14.5. The van der Waals surface area contributed by atoms with Crippen LogP contribution in [0.5, 0.6) is 17.2 Å². The number of phenolic OH excluding ortho intramolecular Hbond substituents is 1. The number of benzene rings is 2. The average molecular weight is 424 g/mol. The van der Waals surface area contributed by atoms with Crippen molar-refractivity contribution in [1.82, 2.24) is 0 Å². The van der Waals surface area contributed by atoms with Gasteiger partial charge in [-0.2, -0.15) is 0 Å². The van der Waals surface area contributed by atoms with Gasteiger partial charge < -0.3 is 24.8 Å². The molecule has 31 heavy (non-hydrogen) atoms. The maximum atomic E-state index is 12.3. The predicted octanol–water partition coefficient (Wildman–Crippen LogP) is 3.41. The highest BCUT2D eigenvalue weighted by Gasteiger charge is 2.52. The summed E-state index contributed by atoms with van der Waals surface area (Å²) < 4.78 is 12.1. The SMILES string of the molecule is C=C(C)[C@H]1Cc2ccc(O)c(C=O)c2[C@]1(O)c1cc(C)cc2c1O[C@H](C(C)(C)O)CO2. The van der Waals surface area contributed by atoms with Gasteiger partial charge in [0.25, 0.3) is 0 Å². The van der Waals surface area contributed by atoms with Gasteiger partial charge in [0, 0.05) is 17.0 Å². The van der Waals surface area contributed by atoms with Gasteiger partial charge in [-0.1, -0.05) is 18.2 Å². The van der Waals surface area contributed by atoms with Gasteiger partial charge in [0.05, 0.1) is 11.2 Å². The van der Waals surface area contributed by atoms with Crippen LogP contribution in [0.1, 0.15) is 53.4 Å². The van der Waals surface area contributed by atoms with E-state index in [2.05, 4.69) is 6.58 Å². The van der Waals surface area contributed by atoms with Crippen molar-refractivity contribution in [3.8, 4) is 17.2 Å². The Morgan fingerprint density at radius 3 is 2.65 bits per heavy atom. The van der Waals surface area contributed by atoms with Crippen molar-refractivity contribution in [3.63, 3.8) is 0 Å². The monoisotopic (exact) mass is 424 g/mol. The third-order valence-corrected chi connectivity index (χ3v) is 6.38. The Kier molecular flexibility index (Phi) is 4.91. The van der Waals surface area contributed by atoms with E-state index < -0.39 is 23.2 Å². The van der Waals surface area contributed by atoms with Crippen molar-refractivity contribution in [1.29, 1.82) is 0 Å². The normalized spacial score (nSPS) is 24.6. The Hall–Kier alpha value is -2.83. The molecule has 2 aromatic carbocycles. The minimum Gasteiger partial charge on any atom is -0.507 e. The summed E-state index contributed by atoms with van der Waals surface area (Å²) in [5, 5.41) is 33.2. The van der Waals surface area contributed by atoms with E-state index in [1.165, 1.54) is 6.07 Å². The first-order valence-corrected chi connectivity index (χ1v) is 10.3. The van der Waals surface area contributed by atoms with Gasteiger partial charge in [0.2, 0.25) is 0 Å². The third kappa shape index (κ3) is 3.22. The molecule has 6 heteroatoms. The van der Waals surface area contributed by atoms with E-state index in [1.807, 2.05) is 19.9 Å². The van der Waals surface area contributed by atoms with Crippen molar-refractivity contribution in [2.24, 2.45) is 5.92 Å². The number of ether oxygens (including phenoxy) is 2. The zero-order chi connectivity index (χ0) is 22.7. The Labute approximate surface area is 181 Å². The molecule has 1 heterocycles. The largest absolute Gasteiger partial charge is 0.507 e. The van der Waals surface area contributed by atoms with Crippen molar-refractivity contribution in [3.05, 3.63) is 64.2 Å². The molecular weight excluding hydrogens is 396 g/mol. The van der Waals surface area contributed by atoms with Crippen LogP contribution in [0.25, 0.3) is 0 Å². The Bertz CT molecular complexity index is 1080. The van der Waals surface area contributed by atoms with E-state index in [4.69, 9.17) is 9.47 Å². The molecule has 0 amide bonds. The fourth-order valence-electron chi connectivity index (χ4n) is 4.73. The second kappa shape index (κ2) is 7.11. The van der Waals surface area contributed by atoms with E-state index in [9.17, 15) is 20.1 Å². The molecule has 6 nitrogen and oxygen atoms in total. The number of carbonyl (C=O) groups excluding carboxylic acids is 1. The van der Waals surface area contributed by atoms with E-state index in [-0.39, 0.29) is 17.9 Å². The number of rotatable bonds is 4. The highest BCUT2D eigenvalue weighted by atomic mass is 16.6. The van der Waals surface area contributed by atoms with Crippen LogP contribution in [-0.4, -0.2) is 39.9 Å². The molecule has 0 bridgehead atoms. The Morgan fingerprint density at radius 2 is 2.03 bits per heavy atom. The minimum absolute atomic E-state index is 0.0507. The van der Waals surface area contributed by atoms with Crippen LogP contribution in [0.3, 0.4) is 0 Å². The molecule has 164 valence electrons. The summed E-state index contributed by atoms with van der Waals surface area (Å²) in [5.74, 6) is 0.152. The third-order valence-electron chi connectivity index (χ3n) is 6.38. The lowest BCUT2D eigenvalue weighted by molar-refractivity contribution is -0.0684. The molecule has 4 rings (SSSR count). The maximum absolute atomic E-state index is 12.3. The van der Waals surface area contributed by atoms with Gasteiger partial charge in [-0.25, -0.2) is 0 Å². The topological polar surface area (TPSA) is 96.2 Å². The fraction of sp³-hybridized carbons (Fsp3) is 0.400. The lowest BCUT2D eigenvalue weighted by Crippen LogP contribution is -2.47. The maximum Gasteiger partial charge on any atom is 0.168 e. The molecule has 0 saturated heterocycles. The van der Waals surface area contributed by atoms with Gasteiger partial charge in [-0.3, -0.25) is 4.79 Å². The predicted molar refractivity (Wildman–Crippen MR) is 116 cm³/mol. The number of hydrogen-bond donors (Lipinski definition) is 3. The minimum atomic E-state index is -1.67. The van der Waals surface area contributed by atoms with Crippen LogP contribution in [0.4, 0.5) is 0 Å². The van der Waals surface area contributed by atoms with E-state index in [0.29, 0.717) is 35.3 Å². The van der Waals surface area contributed by atoms with Gasteiger partial charge in [0.1, 0.15) is 18.0 Å². The van der Waals surface area contributed by atoms with Gasteiger partial charge in [-0.15, -0.1) is 0 Å². The number of aldehydes is 1. The van der Waals surface area contributed by atoms with Crippen LogP contribution < -0.4 is 9.47 Å². The van der Waals surface area contributed by atoms with Crippen LogP contribution >= 0.6 is 0 Å². The molecule has 1 aliphatic carbocycles. The summed E-state index contributed by atoms with van der Waals surface area (Å²) >= 11 is 0. The molecule has 0 spiro atoms. The molecule has 0 fully saturated rings. The molecule has 0 radical (unpaired) electrons. The van der Waals surface area contributed by atoms with Crippen molar-refractivity contribution >= 4 is 6.29 Å². The summed E-state index contributed by atoms with van der Waals surface area (Å²) in [6, 6.07) is 6.82. The number of aryl methyl sites for hydroxylation is 1. The fourth-order valence-corrected chi connectivity index (χ4v) is 4.73. The summed E-state index contributed by atoms with van der Waals surface area (Å²) in [5.41, 5.74) is 0.341. The van der Waals surface area contributed by atoms with Gasteiger partial charge in [0.15, 0.2) is 23.9 Å². The first kappa shape index (κ1) is 21.4. The summed E-state index contributed by atoms with van der Waals surface area (Å²) in [7, 11) is 0. The number of aliphatic hydroxyl groups is 2. The highest BCUT2D eigenvalue weighted by molar-refractivity contribution is 5.84. The lowest BCUT2D eigenvalue weighted by Gasteiger charge is -2.39. The zero-order valence-corrected chi connectivity index (χ0v) is 18.2. The van der Waals surface area contributed by atoms with Crippen LogP contribution in [0.2, 0.25) is 0 Å². The van der Waals surface area contributed by atoms with E-state index in [0.717, 1.165) is 16.7 Å².